The molecule has 1 aromatic carbocycles. The van der Waals surface area contributed by atoms with E-state index in [4.69, 9.17) is 0 Å². The van der Waals surface area contributed by atoms with Crippen LogP contribution in [0.25, 0.3) is 0 Å². The van der Waals surface area contributed by atoms with Crippen molar-refractivity contribution in [1.82, 2.24) is 15.1 Å². The Morgan fingerprint density at radius 3 is 2.38 bits per heavy atom. The first-order chi connectivity index (χ1) is 14.1. The Morgan fingerprint density at radius 1 is 1.00 bits per heavy atom. The first-order valence-corrected chi connectivity index (χ1v) is 11.0. The number of nitrogens with zero attached hydrogens (tertiary/aromatic N) is 2. The summed E-state index contributed by atoms with van der Waals surface area (Å²) < 4.78 is 0. The molecule has 29 heavy (non-hydrogen) atoms. The van der Waals surface area contributed by atoms with Crippen LogP contribution in [0.1, 0.15) is 63.4 Å². The first kappa shape index (κ1) is 19.9. The molecule has 2 aliphatic carbocycles. The van der Waals surface area contributed by atoms with Crippen molar-refractivity contribution in [3.05, 3.63) is 35.9 Å². The Hall–Kier alpha value is -2.37. The molecule has 3 fully saturated rings. The van der Waals surface area contributed by atoms with Gasteiger partial charge in [-0.05, 0) is 31.2 Å². The van der Waals surface area contributed by atoms with Gasteiger partial charge in [-0.2, -0.15) is 0 Å². The van der Waals surface area contributed by atoms with Gasteiger partial charge in [0.25, 0.3) is 5.91 Å². The fourth-order valence-corrected chi connectivity index (χ4v) is 5.27. The zero-order valence-electron chi connectivity index (χ0n) is 17.1. The maximum absolute atomic E-state index is 12.7. The van der Waals surface area contributed by atoms with E-state index in [0.717, 1.165) is 56.3 Å². The highest BCUT2D eigenvalue weighted by Gasteiger charge is 2.41. The van der Waals surface area contributed by atoms with E-state index in [2.05, 4.69) is 17.4 Å². The summed E-state index contributed by atoms with van der Waals surface area (Å²) in [5, 5.41) is 3.04. The van der Waals surface area contributed by atoms with E-state index in [1.807, 2.05) is 18.2 Å². The Morgan fingerprint density at radius 2 is 1.69 bits per heavy atom. The molecule has 0 atom stereocenters. The van der Waals surface area contributed by atoms with Gasteiger partial charge < -0.3 is 10.2 Å². The molecule has 6 heteroatoms. The molecule has 1 heterocycles. The lowest BCUT2D eigenvalue weighted by molar-refractivity contribution is -0.130. The molecule has 1 saturated heterocycles. The minimum atomic E-state index is -0.299. The smallest absolute Gasteiger partial charge is 0.327 e. The minimum Gasteiger partial charge on any atom is -0.354 e. The molecule has 3 aliphatic rings. The summed E-state index contributed by atoms with van der Waals surface area (Å²) in [6.45, 7) is 0.495. The van der Waals surface area contributed by atoms with Crippen molar-refractivity contribution in [3.63, 3.8) is 0 Å². The standard InChI is InChI=1S/C23H31N3O3/c27-20(15-26-21(28)16-25(22(26)29)19-11-5-6-12-19)24-17-23(13-7-2-8-14-23)18-9-3-1-4-10-18/h1,3-4,9-10,19H,2,5-8,11-17H2,(H,24,27). The molecule has 0 radical (unpaired) electrons. The number of rotatable bonds is 6. The Labute approximate surface area is 172 Å². The molecule has 0 unspecified atom stereocenters. The summed E-state index contributed by atoms with van der Waals surface area (Å²) >= 11 is 0. The number of carbonyl (C=O) groups excluding carboxylic acids is 3. The van der Waals surface area contributed by atoms with Crippen molar-refractivity contribution < 1.29 is 14.4 Å². The summed E-state index contributed by atoms with van der Waals surface area (Å²) in [5.74, 6) is -0.506. The van der Waals surface area contributed by atoms with Crippen molar-refractivity contribution in [3.8, 4) is 0 Å². The number of hydrogen-bond donors (Lipinski definition) is 1. The molecule has 2 saturated carbocycles. The first-order valence-electron chi connectivity index (χ1n) is 11.0. The quantitative estimate of drug-likeness (QED) is 0.750. The average Bonchev–Trinajstić information content (AvgIpc) is 3.38. The van der Waals surface area contributed by atoms with E-state index in [-0.39, 0.29) is 42.4 Å². The largest absolute Gasteiger partial charge is 0.354 e. The molecule has 1 aliphatic heterocycles. The van der Waals surface area contributed by atoms with Gasteiger partial charge in [0.15, 0.2) is 0 Å². The third kappa shape index (κ3) is 4.16. The van der Waals surface area contributed by atoms with Crippen LogP contribution in [0.3, 0.4) is 0 Å². The van der Waals surface area contributed by atoms with Crippen molar-refractivity contribution in [2.24, 2.45) is 0 Å². The second-order valence-electron chi connectivity index (χ2n) is 8.81. The topological polar surface area (TPSA) is 69.7 Å². The van der Waals surface area contributed by atoms with Gasteiger partial charge in [0.2, 0.25) is 5.91 Å². The van der Waals surface area contributed by atoms with Gasteiger partial charge in [-0.15, -0.1) is 0 Å². The van der Waals surface area contributed by atoms with Crippen LogP contribution in [0.15, 0.2) is 30.3 Å². The number of imide groups is 1. The number of nitrogens with one attached hydrogen (secondary N) is 1. The molecular weight excluding hydrogens is 366 g/mol. The van der Waals surface area contributed by atoms with Crippen molar-refractivity contribution in [1.29, 1.82) is 0 Å². The summed E-state index contributed by atoms with van der Waals surface area (Å²) in [7, 11) is 0. The number of carbonyl (C=O) groups is 3. The molecule has 0 bridgehead atoms. The summed E-state index contributed by atoms with van der Waals surface area (Å²) in [4.78, 5) is 40.5. The van der Waals surface area contributed by atoms with Gasteiger partial charge in [0, 0.05) is 18.0 Å². The normalized spacial score (nSPS) is 22.3. The third-order valence-corrected chi connectivity index (χ3v) is 6.97. The van der Waals surface area contributed by atoms with Crippen LogP contribution in [0, 0.1) is 0 Å². The van der Waals surface area contributed by atoms with Gasteiger partial charge in [-0.3, -0.25) is 14.5 Å². The maximum Gasteiger partial charge on any atom is 0.327 e. The summed E-state index contributed by atoms with van der Waals surface area (Å²) in [6, 6.07) is 10.3. The lowest BCUT2D eigenvalue weighted by Crippen LogP contribution is -2.47. The van der Waals surface area contributed by atoms with Gasteiger partial charge in [-0.1, -0.05) is 62.4 Å². The van der Waals surface area contributed by atoms with E-state index in [0.29, 0.717) is 6.54 Å². The van der Waals surface area contributed by atoms with Crippen molar-refractivity contribution in [2.45, 2.75) is 69.2 Å². The predicted octanol–water partition coefficient (Wildman–Crippen LogP) is 3.21. The fraction of sp³-hybridized carbons (Fsp3) is 0.609. The molecule has 0 spiro atoms. The zero-order chi connectivity index (χ0) is 20.3. The van der Waals surface area contributed by atoms with E-state index in [9.17, 15) is 14.4 Å². The Kier molecular flexibility index (Phi) is 5.88. The monoisotopic (exact) mass is 397 g/mol. The van der Waals surface area contributed by atoms with Crippen LogP contribution in [0.4, 0.5) is 4.79 Å². The second kappa shape index (κ2) is 8.56. The van der Waals surface area contributed by atoms with Crippen LogP contribution >= 0.6 is 0 Å². The van der Waals surface area contributed by atoms with Gasteiger partial charge in [0.1, 0.15) is 13.1 Å². The van der Waals surface area contributed by atoms with E-state index in [1.54, 1.807) is 4.90 Å². The Balaban J connectivity index is 1.37. The number of hydrogen-bond acceptors (Lipinski definition) is 3. The Bertz CT molecular complexity index is 752. The summed E-state index contributed by atoms with van der Waals surface area (Å²) in [6.07, 6.45) is 9.76. The molecule has 156 valence electrons. The van der Waals surface area contributed by atoms with Gasteiger partial charge in [-0.25, -0.2) is 4.79 Å². The van der Waals surface area contributed by atoms with Crippen LogP contribution in [-0.4, -0.2) is 53.3 Å². The maximum atomic E-state index is 12.7. The lowest BCUT2D eigenvalue weighted by atomic mass is 9.69. The summed E-state index contributed by atoms with van der Waals surface area (Å²) in [5.41, 5.74) is 1.21. The number of benzene rings is 1. The van der Waals surface area contributed by atoms with Crippen molar-refractivity contribution in [2.75, 3.05) is 19.6 Å². The van der Waals surface area contributed by atoms with Crippen LogP contribution in [0.5, 0.6) is 0 Å². The second-order valence-corrected chi connectivity index (χ2v) is 8.81. The SMILES string of the molecule is O=C(CN1C(=O)CN(C2CCCC2)C1=O)NCC1(c2ccccc2)CCCCC1. The van der Waals surface area contributed by atoms with E-state index >= 15 is 0 Å². The highest BCUT2D eigenvalue weighted by molar-refractivity contribution is 6.04. The lowest BCUT2D eigenvalue weighted by Gasteiger charge is -2.38. The molecule has 6 nitrogen and oxygen atoms in total. The van der Waals surface area contributed by atoms with Crippen LogP contribution in [-0.2, 0) is 15.0 Å². The third-order valence-electron chi connectivity index (χ3n) is 6.97. The highest BCUT2D eigenvalue weighted by Crippen LogP contribution is 2.39. The molecule has 1 N–H and O–H groups in total. The van der Waals surface area contributed by atoms with Gasteiger partial charge in [0.05, 0.1) is 0 Å². The van der Waals surface area contributed by atoms with Crippen LogP contribution in [0.2, 0.25) is 0 Å². The fourth-order valence-electron chi connectivity index (χ4n) is 5.27. The minimum absolute atomic E-state index is 0.0515. The molecular formula is C23H31N3O3. The molecule has 4 rings (SSSR count). The van der Waals surface area contributed by atoms with E-state index < -0.39 is 0 Å². The highest BCUT2D eigenvalue weighted by atomic mass is 16.2. The van der Waals surface area contributed by atoms with Crippen molar-refractivity contribution >= 4 is 17.8 Å². The average molecular weight is 398 g/mol. The van der Waals surface area contributed by atoms with Crippen LogP contribution < -0.4 is 5.32 Å². The number of urea groups is 1. The number of amides is 4. The van der Waals surface area contributed by atoms with Gasteiger partial charge >= 0.3 is 6.03 Å². The predicted molar refractivity (Wildman–Crippen MR) is 110 cm³/mol. The molecule has 1 aromatic rings. The zero-order valence-corrected chi connectivity index (χ0v) is 17.1. The molecule has 4 amide bonds. The molecule has 0 aromatic heterocycles. The van der Waals surface area contributed by atoms with E-state index in [1.165, 1.54) is 12.0 Å².